The number of nitrogens with zero attached hydrogens (tertiary/aromatic N) is 1. The second-order valence-corrected chi connectivity index (χ2v) is 4.27. The first-order valence-corrected chi connectivity index (χ1v) is 5.03. The molecule has 13 heavy (non-hydrogen) atoms. The van der Waals surface area contributed by atoms with Crippen molar-refractivity contribution in [1.82, 2.24) is 9.03 Å². The smallest absolute Gasteiger partial charge is 0.323 e. The Morgan fingerprint density at radius 1 is 1.77 bits per heavy atom. The molecule has 0 saturated carbocycles. The lowest BCUT2D eigenvalue weighted by Crippen LogP contribution is -2.39. The maximum absolute atomic E-state index is 11.2. The molecule has 6 nitrogen and oxygen atoms in total. The van der Waals surface area contributed by atoms with E-state index in [1.807, 2.05) is 0 Å². The molecule has 0 aromatic rings. The fourth-order valence-electron chi connectivity index (χ4n) is 1.10. The highest BCUT2D eigenvalue weighted by Gasteiger charge is 2.40. The fourth-order valence-corrected chi connectivity index (χ4v) is 2.44. The second kappa shape index (κ2) is 3.44. The summed E-state index contributed by atoms with van der Waals surface area (Å²) in [6.07, 6.45) is 1.35. The van der Waals surface area contributed by atoms with Crippen molar-refractivity contribution >= 4 is 16.2 Å². The third-order valence-electron chi connectivity index (χ3n) is 1.71. The molecule has 7 heteroatoms. The van der Waals surface area contributed by atoms with Gasteiger partial charge >= 0.3 is 5.97 Å². The van der Waals surface area contributed by atoms with E-state index in [0.29, 0.717) is 0 Å². The molecule has 1 rings (SSSR count). The molecular formula is C6H10N2O4S. The molecule has 2 N–H and O–H groups in total. The summed E-state index contributed by atoms with van der Waals surface area (Å²) in [4.78, 5) is 10.6. The van der Waals surface area contributed by atoms with Crippen LogP contribution in [0.1, 0.15) is 0 Å². The monoisotopic (exact) mass is 206 g/mol. The lowest BCUT2D eigenvalue weighted by molar-refractivity contribution is -0.140. The van der Waals surface area contributed by atoms with E-state index in [-0.39, 0.29) is 13.1 Å². The summed E-state index contributed by atoms with van der Waals surface area (Å²) in [6.45, 7) is 3.27. The number of carboxylic acids is 1. The summed E-state index contributed by atoms with van der Waals surface area (Å²) in [6, 6.07) is -1.03. The Balaban J connectivity index is 2.92. The van der Waals surface area contributed by atoms with E-state index < -0.39 is 22.2 Å². The molecule has 0 amide bonds. The molecule has 0 bridgehead atoms. The predicted octanol–water partition coefficient (Wildman–Crippen LogP) is -1.22. The zero-order valence-corrected chi connectivity index (χ0v) is 7.62. The topological polar surface area (TPSA) is 86.7 Å². The molecule has 74 valence electrons. The standard InChI is InChI=1S/C6H10N2O4S/c1-2-3-8-5(6(9)10)4-7-13(8,11)12/h2,5,7H,1,3-4H2,(H,9,10). The van der Waals surface area contributed by atoms with Crippen LogP contribution in [-0.4, -0.2) is 42.9 Å². The number of nitrogens with one attached hydrogen (secondary N) is 1. The van der Waals surface area contributed by atoms with Crippen molar-refractivity contribution in [2.45, 2.75) is 6.04 Å². The zero-order chi connectivity index (χ0) is 10.1. The van der Waals surface area contributed by atoms with Crippen LogP contribution >= 0.6 is 0 Å². The first kappa shape index (κ1) is 10.2. The molecule has 1 fully saturated rings. The van der Waals surface area contributed by atoms with Gasteiger partial charge < -0.3 is 5.11 Å². The van der Waals surface area contributed by atoms with Crippen molar-refractivity contribution in [2.75, 3.05) is 13.1 Å². The van der Waals surface area contributed by atoms with Crippen molar-refractivity contribution in [3.8, 4) is 0 Å². The van der Waals surface area contributed by atoms with Crippen molar-refractivity contribution in [2.24, 2.45) is 0 Å². The molecule has 1 atom stereocenters. The molecule has 0 aromatic heterocycles. The average molecular weight is 206 g/mol. The van der Waals surface area contributed by atoms with Gasteiger partial charge in [-0.3, -0.25) is 4.79 Å². The Morgan fingerprint density at radius 3 is 2.85 bits per heavy atom. The fraction of sp³-hybridized carbons (Fsp3) is 0.500. The van der Waals surface area contributed by atoms with Crippen LogP contribution in [0.3, 0.4) is 0 Å². The van der Waals surface area contributed by atoms with Crippen molar-refractivity contribution < 1.29 is 18.3 Å². The quantitative estimate of drug-likeness (QED) is 0.566. The molecule has 1 saturated heterocycles. The first-order valence-electron chi connectivity index (χ1n) is 3.59. The Kier molecular flexibility index (Phi) is 2.69. The average Bonchev–Trinajstić information content (AvgIpc) is 2.29. The molecule has 1 unspecified atom stereocenters. The minimum absolute atomic E-state index is 0.00625. The Morgan fingerprint density at radius 2 is 2.38 bits per heavy atom. The minimum Gasteiger partial charge on any atom is -0.480 e. The minimum atomic E-state index is -3.61. The van der Waals surface area contributed by atoms with Crippen LogP contribution in [0.25, 0.3) is 0 Å². The Hall–Kier alpha value is -0.920. The SMILES string of the molecule is C=CCN1C(C(=O)O)CNS1(=O)=O. The van der Waals surface area contributed by atoms with E-state index in [9.17, 15) is 13.2 Å². The highest BCUT2D eigenvalue weighted by atomic mass is 32.2. The summed E-state index contributed by atoms with van der Waals surface area (Å²) in [5.74, 6) is -1.16. The number of hydrogen-bond acceptors (Lipinski definition) is 3. The van der Waals surface area contributed by atoms with Gasteiger partial charge in [0.25, 0.3) is 10.2 Å². The molecule has 0 spiro atoms. The van der Waals surface area contributed by atoms with Gasteiger partial charge in [0.1, 0.15) is 6.04 Å². The van der Waals surface area contributed by atoms with Crippen LogP contribution in [0, 0.1) is 0 Å². The zero-order valence-electron chi connectivity index (χ0n) is 6.80. The van der Waals surface area contributed by atoms with Crippen LogP contribution in [0.15, 0.2) is 12.7 Å². The summed E-state index contributed by atoms with van der Waals surface area (Å²) < 4.78 is 25.3. The van der Waals surface area contributed by atoms with Crippen LogP contribution in [-0.2, 0) is 15.0 Å². The van der Waals surface area contributed by atoms with Crippen molar-refractivity contribution in [1.29, 1.82) is 0 Å². The number of hydrogen-bond donors (Lipinski definition) is 2. The van der Waals surface area contributed by atoms with Crippen LogP contribution < -0.4 is 4.72 Å². The molecular weight excluding hydrogens is 196 g/mol. The van der Waals surface area contributed by atoms with E-state index in [2.05, 4.69) is 11.3 Å². The summed E-state index contributed by atoms with van der Waals surface area (Å²) in [5.41, 5.74) is 0. The molecule has 0 radical (unpaired) electrons. The largest absolute Gasteiger partial charge is 0.480 e. The van der Waals surface area contributed by atoms with E-state index in [1.54, 1.807) is 0 Å². The molecule has 1 aliphatic heterocycles. The number of carboxylic acid groups (broad SMARTS) is 1. The van der Waals surface area contributed by atoms with Gasteiger partial charge in [-0.15, -0.1) is 6.58 Å². The van der Waals surface area contributed by atoms with E-state index >= 15 is 0 Å². The molecule has 1 aliphatic rings. The highest BCUT2D eigenvalue weighted by molar-refractivity contribution is 7.87. The van der Waals surface area contributed by atoms with Gasteiger partial charge in [0.15, 0.2) is 0 Å². The second-order valence-electron chi connectivity index (χ2n) is 2.57. The van der Waals surface area contributed by atoms with Gasteiger partial charge in [0, 0.05) is 13.1 Å². The third-order valence-corrected chi connectivity index (χ3v) is 3.26. The maximum Gasteiger partial charge on any atom is 0.323 e. The van der Waals surface area contributed by atoms with Gasteiger partial charge in [-0.1, -0.05) is 6.08 Å². The number of rotatable bonds is 3. The van der Waals surface area contributed by atoms with Crippen LogP contribution in [0.4, 0.5) is 0 Å². The van der Waals surface area contributed by atoms with Gasteiger partial charge in [-0.05, 0) is 0 Å². The van der Waals surface area contributed by atoms with Gasteiger partial charge in [-0.2, -0.15) is 17.4 Å². The van der Waals surface area contributed by atoms with Crippen molar-refractivity contribution in [3.63, 3.8) is 0 Å². The molecule has 0 aliphatic carbocycles. The van der Waals surface area contributed by atoms with Crippen molar-refractivity contribution in [3.05, 3.63) is 12.7 Å². The van der Waals surface area contributed by atoms with E-state index in [0.717, 1.165) is 4.31 Å². The highest BCUT2D eigenvalue weighted by Crippen LogP contribution is 2.12. The first-order chi connectivity index (χ1) is 5.99. The molecule has 1 heterocycles. The summed E-state index contributed by atoms with van der Waals surface area (Å²) in [5, 5.41) is 8.66. The summed E-state index contributed by atoms with van der Waals surface area (Å²) >= 11 is 0. The van der Waals surface area contributed by atoms with Gasteiger partial charge in [0.05, 0.1) is 0 Å². The van der Waals surface area contributed by atoms with Gasteiger partial charge in [-0.25, -0.2) is 0 Å². The van der Waals surface area contributed by atoms with E-state index in [4.69, 9.17) is 5.11 Å². The number of carbonyl (C=O) groups is 1. The number of aliphatic carboxylic acids is 1. The lowest BCUT2D eigenvalue weighted by atomic mass is 10.3. The molecule has 0 aromatic carbocycles. The normalized spacial score (nSPS) is 27.2. The maximum atomic E-state index is 11.2. The Labute approximate surface area is 76.0 Å². The lowest BCUT2D eigenvalue weighted by Gasteiger charge is -2.15. The predicted molar refractivity (Wildman–Crippen MR) is 45.2 cm³/mol. The Bertz CT molecular complexity index is 324. The van der Waals surface area contributed by atoms with Crippen LogP contribution in [0.2, 0.25) is 0 Å². The third kappa shape index (κ3) is 1.87. The summed E-state index contributed by atoms with van der Waals surface area (Å²) in [7, 11) is -3.61. The van der Waals surface area contributed by atoms with Gasteiger partial charge in [0.2, 0.25) is 0 Å². The van der Waals surface area contributed by atoms with Crippen LogP contribution in [0.5, 0.6) is 0 Å². The van der Waals surface area contributed by atoms with E-state index in [1.165, 1.54) is 6.08 Å².